The molecule has 80 valence electrons. The van der Waals surface area contributed by atoms with Crippen LogP contribution in [-0.4, -0.2) is 19.0 Å². The number of hydrogen-bond donors (Lipinski definition) is 0. The van der Waals surface area contributed by atoms with Gasteiger partial charge in [-0.25, -0.2) is 0 Å². The van der Waals surface area contributed by atoms with Crippen LogP contribution in [0.15, 0.2) is 0 Å². The molecule has 1 aliphatic heterocycles. The summed E-state index contributed by atoms with van der Waals surface area (Å²) in [6.45, 7) is 3.00. The topological polar surface area (TPSA) is 18.5 Å². The van der Waals surface area contributed by atoms with Gasteiger partial charge in [0.25, 0.3) is 0 Å². The zero-order chi connectivity index (χ0) is 10.2. The normalized spacial score (nSPS) is 23.3. The Kier molecular flexibility index (Phi) is 5.66. The van der Waals surface area contributed by atoms with Gasteiger partial charge in [0.05, 0.1) is 0 Å². The van der Waals surface area contributed by atoms with E-state index in [2.05, 4.69) is 12.8 Å². The maximum absolute atomic E-state index is 5.65. The van der Waals surface area contributed by atoms with Gasteiger partial charge in [0, 0.05) is 13.0 Å². The molecule has 0 aromatic carbocycles. The molecule has 0 spiro atoms. The van der Waals surface area contributed by atoms with Crippen LogP contribution in [0.5, 0.6) is 0 Å². The minimum Gasteiger partial charge on any atom is -0.353 e. The van der Waals surface area contributed by atoms with Crippen molar-refractivity contribution in [1.82, 2.24) is 0 Å². The number of terminal acetylenes is 1. The molecule has 1 saturated heterocycles. The molecule has 0 saturated carbocycles. The molecule has 2 atom stereocenters. The van der Waals surface area contributed by atoms with Crippen LogP contribution < -0.4 is 0 Å². The molecule has 2 unspecified atom stereocenters. The minimum atomic E-state index is -0.0513. The highest BCUT2D eigenvalue weighted by molar-refractivity contribution is 4.94. The molecular weight excluding hydrogens is 176 g/mol. The Balaban J connectivity index is 2.14. The van der Waals surface area contributed by atoms with Gasteiger partial charge < -0.3 is 9.47 Å². The van der Waals surface area contributed by atoms with Crippen molar-refractivity contribution < 1.29 is 9.47 Å². The maximum atomic E-state index is 5.65. The molecule has 1 heterocycles. The van der Waals surface area contributed by atoms with E-state index in [4.69, 9.17) is 15.9 Å². The van der Waals surface area contributed by atoms with Crippen LogP contribution in [0.2, 0.25) is 0 Å². The monoisotopic (exact) mass is 196 g/mol. The standard InChI is InChI=1S/C12H20O2/c1-3-5-6-8-11(4-2)14-12-9-7-10-13-12/h2,11-12H,3,5-10H2,1H3. The molecule has 2 heteroatoms. The van der Waals surface area contributed by atoms with Crippen molar-refractivity contribution in [1.29, 1.82) is 0 Å². The molecule has 1 aliphatic rings. The van der Waals surface area contributed by atoms with Crippen LogP contribution in [0.1, 0.15) is 45.4 Å². The summed E-state index contributed by atoms with van der Waals surface area (Å²) in [5, 5.41) is 0. The zero-order valence-corrected chi connectivity index (χ0v) is 9.00. The number of ether oxygens (including phenoxy) is 2. The fourth-order valence-electron chi connectivity index (χ4n) is 1.61. The predicted molar refractivity (Wildman–Crippen MR) is 56.8 cm³/mol. The van der Waals surface area contributed by atoms with Gasteiger partial charge in [-0.1, -0.05) is 25.7 Å². The molecule has 2 nitrogen and oxygen atoms in total. The Bertz CT molecular complexity index is 177. The van der Waals surface area contributed by atoms with E-state index in [0.29, 0.717) is 0 Å². The summed E-state index contributed by atoms with van der Waals surface area (Å²) < 4.78 is 11.0. The lowest BCUT2D eigenvalue weighted by atomic mass is 10.1. The first-order valence-electron chi connectivity index (χ1n) is 5.60. The molecule has 0 amide bonds. The summed E-state index contributed by atoms with van der Waals surface area (Å²) >= 11 is 0. The zero-order valence-electron chi connectivity index (χ0n) is 9.00. The third-order valence-corrected chi connectivity index (χ3v) is 2.46. The number of hydrogen-bond acceptors (Lipinski definition) is 2. The van der Waals surface area contributed by atoms with Crippen molar-refractivity contribution in [2.45, 2.75) is 57.8 Å². The Hall–Kier alpha value is -0.520. The summed E-state index contributed by atoms with van der Waals surface area (Å²) in [4.78, 5) is 0. The average Bonchev–Trinajstić information content (AvgIpc) is 2.69. The van der Waals surface area contributed by atoms with E-state index in [9.17, 15) is 0 Å². The maximum Gasteiger partial charge on any atom is 0.159 e. The molecule has 0 N–H and O–H groups in total. The first-order chi connectivity index (χ1) is 6.86. The highest BCUT2D eigenvalue weighted by atomic mass is 16.7. The van der Waals surface area contributed by atoms with Gasteiger partial charge >= 0.3 is 0 Å². The lowest BCUT2D eigenvalue weighted by Crippen LogP contribution is -2.20. The molecule has 14 heavy (non-hydrogen) atoms. The minimum absolute atomic E-state index is 0.0438. The molecule has 0 bridgehead atoms. The van der Waals surface area contributed by atoms with Crippen LogP contribution >= 0.6 is 0 Å². The second-order valence-electron chi connectivity index (χ2n) is 3.73. The summed E-state index contributed by atoms with van der Waals surface area (Å²) in [6, 6.07) is 0. The van der Waals surface area contributed by atoms with Crippen LogP contribution in [0, 0.1) is 12.3 Å². The molecular formula is C12H20O2. The highest BCUT2D eigenvalue weighted by Gasteiger charge is 2.19. The average molecular weight is 196 g/mol. The van der Waals surface area contributed by atoms with Gasteiger partial charge in [-0.05, 0) is 19.3 Å². The molecule has 0 aliphatic carbocycles. The molecule has 1 fully saturated rings. The van der Waals surface area contributed by atoms with Gasteiger partial charge in [-0.3, -0.25) is 0 Å². The summed E-state index contributed by atoms with van der Waals surface area (Å²) in [5.41, 5.74) is 0. The summed E-state index contributed by atoms with van der Waals surface area (Å²) in [7, 11) is 0. The van der Waals surface area contributed by atoms with Gasteiger partial charge in [0.1, 0.15) is 6.10 Å². The Morgan fingerprint density at radius 3 is 3.00 bits per heavy atom. The number of unbranched alkanes of at least 4 members (excludes halogenated alkanes) is 2. The van der Waals surface area contributed by atoms with Gasteiger partial charge in [0.15, 0.2) is 6.29 Å². The Labute approximate surface area is 87.0 Å². The summed E-state index contributed by atoms with van der Waals surface area (Å²) in [5.74, 6) is 2.69. The van der Waals surface area contributed by atoms with E-state index >= 15 is 0 Å². The van der Waals surface area contributed by atoms with Crippen molar-refractivity contribution in [3.05, 3.63) is 0 Å². The molecule has 1 rings (SSSR count). The third-order valence-electron chi connectivity index (χ3n) is 2.46. The van der Waals surface area contributed by atoms with E-state index in [1.54, 1.807) is 0 Å². The SMILES string of the molecule is C#CC(CCCCC)OC1CCCO1. The van der Waals surface area contributed by atoms with Crippen molar-refractivity contribution in [2.24, 2.45) is 0 Å². The van der Waals surface area contributed by atoms with Gasteiger partial charge in [-0.2, -0.15) is 0 Å². The highest BCUT2D eigenvalue weighted by Crippen LogP contribution is 2.17. The van der Waals surface area contributed by atoms with Crippen molar-refractivity contribution >= 4 is 0 Å². The molecule has 0 radical (unpaired) electrons. The fraction of sp³-hybridized carbons (Fsp3) is 0.833. The van der Waals surface area contributed by atoms with Crippen molar-refractivity contribution in [2.75, 3.05) is 6.61 Å². The van der Waals surface area contributed by atoms with Gasteiger partial charge in [0.2, 0.25) is 0 Å². The lowest BCUT2D eigenvalue weighted by molar-refractivity contribution is -0.130. The quantitative estimate of drug-likeness (QED) is 0.480. The fourth-order valence-corrected chi connectivity index (χ4v) is 1.61. The van der Waals surface area contributed by atoms with E-state index in [1.165, 1.54) is 12.8 Å². The van der Waals surface area contributed by atoms with E-state index in [-0.39, 0.29) is 12.4 Å². The van der Waals surface area contributed by atoms with Gasteiger partial charge in [-0.15, -0.1) is 6.42 Å². The van der Waals surface area contributed by atoms with E-state index < -0.39 is 0 Å². The third kappa shape index (κ3) is 4.13. The van der Waals surface area contributed by atoms with Crippen LogP contribution in [0.25, 0.3) is 0 Å². The second-order valence-corrected chi connectivity index (χ2v) is 3.73. The van der Waals surface area contributed by atoms with Crippen molar-refractivity contribution in [3.8, 4) is 12.3 Å². The van der Waals surface area contributed by atoms with Crippen LogP contribution in [0.3, 0.4) is 0 Å². The lowest BCUT2D eigenvalue weighted by Gasteiger charge is -2.16. The molecule has 0 aromatic rings. The predicted octanol–water partition coefficient (Wildman–Crippen LogP) is 2.72. The number of rotatable bonds is 6. The van der Waals surface area contributed by atoms with Crippen LogP contribution in [-0.2, 0) is 9.47 Å². The Morgan fingerprint density at radius 2 is 2.43 bits per heavy atom. The van der Waals surface area contributed by atoms with E-state index in [0.717, 1.165) is 32.3 Å². The first-order valence-corrected chi connectivity index (χ1v) is 5.60. The second kappa shape index (κ2) is 6.86. The largest absolute Gasteiger partial charge is 0.353 e. The first kappa shape index (κ1) is 11.6. The van der Waals surface area contributed by atoms with Crippen LogP contribution in [0.4, 0.5) is 0 Å². The smallest absolute Gasteiger partial charge is 0.159 e. The summed E-state index contributed by atoms with van der Waals surface area (Å²) in [6.07, 6.45) is 12.0. The Morgan fingerprint density at radius 1 is 1.57 bits per heavy atom. The van der Waals surface area contributed by atoms with E-state index in [1.807, 2.05) is 0 Å². The molecule has 0 aromatic heterocycles. The van der Waals surface area contributed by atoms with Crippen molar-refractivity contribution in [3.63, 3.8) is 0 Å².